The highest BCUT2D eigenvalue weighted by molar-refractivity contribution is 6.30. The predicted octanol–water partition coefficient (Wildman–Crippen LogP) is 3.90. The lowest BCUT2D eigenvalue weighted by Gasteiger charge is -2.13. The van der Waals surface area contributed by atoms with Gasteiger partial charge in [0.05, 0.1) is 11.0 Å². The zero-order valence-corrected chi connectivity index (χ0v) is 11.9. The quantitative estimate of drug-likeness (QED) is 0.477. The van der Waals surface area contributed by atoms with Crippen molar-refractivity contribution >= 4 is 23.1 Å². The fourth-order valence-electron chi connectivity index (χ4n) is 1.78. The smallest absolute Gasteiger partial charge is 0.273 e. The number of hydrogen-bond donors (Lipinski definition) is 0. The van der Waals surface area contributed by atoms with Gasteiger partial charge in [0.2, 0.25) is 5.78 Å². The first kappa shape index (κ1) is 15.0. The van der Waals surface area contributed by atoms with E-state index >= 15 is 0 Å². The van der Waals surface area contributed by atoms with E-state index < -0.39 is 11.0 Å². The second-order valence-electron chi connectivity index (χ2n) is 4.39. The van der Waals surface area contributed by atoms with E-state index in [0.29, 0.717) is 10.6 Å². The molecular formula is C15H12ClNO4. The molecule has 0 N–H and O–H groups in total. The molecule has 0 saturated carbocycles. The number of nitro benzene ring substituents is 1. The molecule has 0 unspecified atom stereocenters. The highest BCUT2D eigenvalue weighted by atomic mass is 35.5. The summed E-state index contributed by atoms with van der Waals surface area (Å²) in [5.74, 6) is 0.0530. The molecule has 0 saturated heterocycles. The van der Waals surface area contributed by atoms with Crippen LogP contribution in [0.2, 0.25) is 5.02 Å². The van der Waals surface area contributed by atoms with Gasteiger partial charge in [-0.3, -0.25) is 14.9 Å². The molecule has 2 aromatic carbocycles. The molecule has 0 radical (unpaired) electrons. The van der Waals surface area contributed by atoms with Crippen LogP contribution >= 0.6 is 11.6 Å². The van der Waals surface area contributed by atoms with E-state index in [2.05, 4.69) is 0 Å². The number of rotatable bonds is 5. The van der Waals surface area contributed by atoms with Gasteiger partial charge in [0.25, 0.3) is 5.69 Å². The normalized spacial score (nSPS) is 11.7. The van der Waals surface area contributed by atoms with E-state index in [4.69, 9.17) is 16.3 Å². The van der Waals surface area contributed by atoms with Gasteiger partial charge in [0.15, 0.2) is 6.10 Å². The molecule has 108 valence electrons. The third-order valence-corrected chi connectivity index (χ3v) is 3.09. The van der Waals surface area contributed by atoms with E-state index in [9.17, 15) is 14.9 Å². The zero-order chi connectivity index (χ0) is 15.4. The van der Waals surface area contributed by atoms with E-state index in [1.807, 2.05) is 0 Å². The van der Waals surface area contributed by atoms with Crippen LogP contribution in [0.1, 0.15) is 17.3 Å². The first-order valence-electron chi connectivity index (χ1n) is 6.18. The first-order chi connectivity index (χ1) is 9.97. The van der Waals surface area contributed by atoms with Crippen LogP contribution in [0.25, 0.3) is 0 Å². The average Bonchev–Trinajstić information content (AvgIpc) is 2.47. The summed E-state index contributed by atoms with van der Waals surface area (Å²) in [5.41, 5.74) is 0.385. The van der Waals surface area contributed by atoms with Gasteiger partial charge in [-0.25, -0.2) is 0 Å². The number of hydrogen-bond acceptors (Lipinski definition) is 4. The van der Waals surface area contributed by atoms with Crippen molar-refractivity contribution in [1.29, 1.82) is 0 Å². The van der Waals surface area contributed by atoms with Crippen LogP contribution in [0.5, 0.6) is 5.75 Å². The molecule has 0 amide bonds. The second-order valence-corrected chi connectivity index (χ2v) is 4.82. The zero-order valence-electron chi connectivity index (χ0n) is 11.2. The summed E-state index contributed by atoms with van der Waals surface area (Å²) in [6.45, 7) is 1.59. The van der Waals surface area contributed by atoms with Crippen LogP contribution < -0.4 is 4.74 Å². The number of carbonyl (C=O) groups excluding carboxylic acids is 1. The van der Waals surface area contributed by atoms with E-state index in [1.54, 1.807) is 37.3 Å². The second kappa shape index (κ2) is 6.37. The summed E-state index contributed by atoms with van der Waals surface area (Å²) in [7, 11) is 0. The molecule has 1 atom stereocenters. The van der Waals surface area contributed by atoms with Gasteiger partial charge in [-0.05, 0) is 37.3 Å². The number of ether oxygens (including phenoxy) is 1. The minimum Gasteiger partial charge on any atom is -0.482 e. The van der Waals surface area contributed by atoms with Crippen LogP contribution in [-0.2, 0) is 0 Å². The lowest BCUT2D eigenvalue weighted by molar-refractivity contribution is -0.384. The number of halogens is 1. The van der Waals surface area contributed by atoms with Crippen molar-refractivity contribution in [2.45, 2.75) is 13.0 Å². The Hall–Kier alpha value is -2.40. The van der Waals surface area contributed by atoms with Crippen molar-refractivity contribution in [1.82, 2.24) is 0 Å². The van der Waals surface area contributed by atoms with E-state index in [0.717, 1.165) is 0 Å². The van der Waals surface area contributed by atoms with Gasteiger partial charge in [-0.15, -0.1) is 0 Å². The van der Waals surface area contributed by atoms with Gasteiger partial charge in [-0.2, -0.15) is 0 Å². The molecule has 5 nitrogen and oxygen atoms in total. The van der Waals surface area contributed by atoms with Gasteiger partial charge < -0.3 is 4.74 Å². The van der Waals surface area contributed by atoms with Gasteiger partial charge in [0, 0.05) is 16.7 Å². The maximum absolute atomic E-state index is 12.2. The van der Waals surface area contributed by atoms with E-state index in [-0.39, 0.29) is 17.2 Å². The molecule has 0 aliphatic carbocycles. The molecular weight excluding hydrogens is 294 g/mol. The fraction of sp³-hybridized carbons (Fsp3) is 0.133. The number of nitrogens with zero attached hydrogens (tertiary/aromatic N) is 1. The monoisotopic (exact) mass is 305 g/mol. The van der Waals surface area contributed by atoms with Crippen LogP contribution in [0, 0.1) is 10.1 Å². The summed E-state index contributed by atoms with van der Waals surface area (Å²) in [5, 5.41) is 11.2. The molecule has 0 aromatic heterocycles. The van der Waals surface area contributed by atoms with Crippen LogP contribution in [0.15, 0.2) is 48.5 Å². The predicted molar refractivity (Wildman–Crippen MR) is 79.0 cm³/mol. The largest absolute Gasteiger partial charge is 0.482 e. The average molecular weight is 306 g/mol. The van der Waals surface area contributed by atoms with Gasteiger partial charge in [0.1, 0.15) is 5.75 Å². The van der Waals surface area contributed by atoms with Crippen LogP contribution in [-0.4, -0.2) is 16.8 Å². The van der Waals surface area contributed by atoms with Crippen molar-refractivity contribution in [2.24, 2.45) is 0 Å². The number of ketones is 1. The molecule has 0 spiro atoms. The van der Waals surface area contributed by atoms with Crippen LogP contribution in [0.3, 0.4) is 0 Å². The highest BCUT2D eigenvalue weighted by Crippen LogP contribution is 2.21. The number of Topliss-reactive ketones (excluding diaryl/α,β-unsaturated/α-hetero) is 1. The third-order valence-electron chi connectivity index (χ3n) is 2.84. The first-order valence-corrected chi connectivity index (χ1v) is 6.56. The van der Waals surface area contributed by atoms with Crippen molar-refractivity contribution in [2.75, 3.05) is 0 Å². The number of nitro groups is 1. The van der Waals surface area contributed by atoms with Crippen molar-refractivity contribution in [3.8, 4) is 5.75 Å². The Bertz CT molecular complexity index is 670. The van der Waals surface area contributed by atoms with E-state index in [1.165, 1.54) is 18.2 Å². The molecule has 0 fully saturated rings. The molecule has 2 aromatic rings. The van der Waals surface area contributed by atoms with Gasteiger partial charge >= 0.3 is 0 Å². The molecule has 21 heavy (non-hydrogen) atoms. The topological polar surface area (TPSA) is 69.4 Å². The van der Waals surface area contributed by atoms with Crippen molar-refractivity contribution < 1.29 is 14.5 Å². The number of non-ortho nitro benzene ring substituents is 1. The maximum Gasteiger partial charge on any atom is 0.273 e. The standard InChI is InChI=1S/C15H12ClNO4/c1-10(15(18)11-5-7-12(16)8-6-11)21-14-4-2-3-13(9-14)17(19)20/h2-10H,1H3/t10-/m1/s1. The summed E-state index contributed by atoms with van der Waals surface area (Å²) in [6, 6.07) is 12.2. The van der Waals surface area contributed by atoms with Crippen LogP contribution in [0.4, 0.5) is 5.69 Å². The number of carbonyl (C=O) groups is 1. The molecule has 0 heterocycles. The Balaban J connectivity index is 2.12. The summed E-state index contributed by atoms with van der Waals surface area (Å²) in [6.07, 6.45) is -0.756. The Morgan fingerprint density at radius 2 is 1.90 bits per heavy atom. The SMILES string of the molecule is C[C@@H](Oc1cccc([N+](=O)[O-])c1)C(=O)c1ccc(Cl)cc1. The fourth-order valence-corrected chi connectivity index (χ4v) is 1.90. The van der Waals surface area contributed by atoms with Crippen molar-refractivity contribution in [3.05, 3.63) is 69.2 Å². The Kier molecular flexibility index (Phi) is 4.55. The molecule has 0 aliphatic heterocycles. The lowest BCUT2D eigenvalue weighted by atomic mass is 10.1. The lowest BCUT2D eigenvalue weighted by Crippen LogP contribution is -2.23. The highest BCUT2D eigenvalue weighted by Gasteiger charge is 2.17. The number of benzene rings is 2. The summed E-state index contributed by atoms with van der Waals surface area (Å²) in [4.78, 5) is 22.4. The van der Waals surface area contributed by atoms with Gasteiger partial charge in [-0.1, -0.05) is 17.7 Å². The minimum absolute atomic E-state index is 0.0846. The summed E-state index contributed by atoms with van der Waals surface area (Å²) < 4.78 is 5.46. The molecule has 0 bridgehead atoms. The Morgan fingerprint density at radius 3 is 2.52 bits per heavy atom. The molecule has 2 rings (SSSR count). The Labute approximate surface area is 126 Å². The summed E-state index contributed by atoms with van der Waals surface area (Å²) >= 11 is 5.77. The third kappa shape index (κ3) is 3.79. The molecule has 6 heteroatoms. The minimum atomic E-state index is -0.756. The maximum atomic E-state index is 12.2. The molecule has 0 aliphatic rings. The van der Waals surface area contributed by atoms with Crippen molar-refractivity contribution in [3.63, 3.8) is 0 Å². The Morgan fingerprint density at radius 1 is 1.24 bits per heavy atom.